The van der Waals surface area contributed by atoms with Crippen molar-refractivity contribution in [3.8, 4) is 0 Å². The predicted molar refractivity (Wildman–Crippen MR) is 51.1 cm³/mol. The molecule has 2 aliphatic heterocycles. The quantitative estimate of drug-likeness (QED) is 0.656. The smallest absolute Gasteiger partial charge is 0.00257 e. The molecule has 0 amide bonds. The number of nitrogens with one attached hydrogen (secondary N) is 1. The van der Waals surface area contributed by atoms with E-state index in [9.17, 15) is 0 Å². The van der Waals surface area contributed by atoms with Gasteiger partial charge in [-0.1, -0.05) is 13.8 Å². The Kier molecular flexibility index (Phi) is 2.37. The van der Waals surface area contributed by atoms with E-state index in [-0.39, 0.29) is 0 Å². The highest BCUT2D eigenvalue weighted by molar-refractivity contribution is 4.91. The Morgan fingerprint density at radius 2 is 1.83 bits per heavy atom. The number of likely N-dealkylation sites (tertiary alicyclic amines) is 1. The Balaban J connectivity index is 1.82. The largest absolute Gasteiger partial charge is 0.316 e. The van der Waals surface area contributed by atoms with Gasteiger partial charge in [-0.15, -0.1) is 0 Å². The first-order valence-corrected chi connectivity index (χ1v) is 5.19. The zero-order valence-electron chi connectivity index (χ0n) is 8.21. The fraction of sp³-hybridized carbons (Fsp3) is 1.00. The Morgan fingerprint density at radius 1 is 1.25 bits per heavy atom. The summed E-state index contributed by atoms with van der Waals surface area (Å²) < 4.78 is 0. The maximum absolute atomic E-state index is 3.47. The van der Waals surface area contributed by atoms with E-state index in [0.717, 1.165) is 17.8 Å². The number of rotatable bonds is 2. The lowest BCUT2D eigenvalue weighted by atomic mass is 10.0. The van der Waals surface area contributed by atoms with Crippen LogP contribution in [-0.2, 0) is 0 Å². The molecule has 2 fully saturated rings. The van der Waals surface area contributed by atoms with Crippen molar-refractivity contribution in [1.29, 1.82) is 0 Å². The minimum Gasteiger partial charge on any atom is -0.316 e. The SMILES string of the molecule is CC(C)CN1C[C@H]2CNC[C@H]2C1. The summed E-state index contributed by atoms with van der Waals surface area (Å²) >= 11 is 0. The molecular formula is C10H20N2. The van der Waals surface area contributed by atoms with Gasteiger partial charge >= 0.3 is 0 Å². The predicted octanol–water partition coefficient (Wildman–Crippen LogP) is 0.794. The molecule has 2 saturated heterocycles. The first kappa shape index (κ1) is 8.52. The van der Waals surface area contributed by atoms with Crippen molar-refractivity contribution in [3.05, 3.63) is 0 Å². The number of nitrogens with zero attached hydrogens (tertiary/aromatic N) is 1. The second-order valence-corrected chi connectivity index (χ2v) is 4.79. The third kappa shape index (κ3) is 1.64. The molecule has 2 aliphatic rings. The lowest BCUT2D eigenvalue weighted by Crippen LogP contribution is -2.28. The fourth-order valence-corrected chi connectivity index (χ4v) is 2.62. The van der Waals surface area contributed by atoms with Crippen LogP contribution in [0.15, 0.2) is 0 Å². The van der Waals surface area contributed by atoms with Crippen LogP contribution >= 0.6 is 0 Å². The molecule has 2 nitrogen and oxygen atoms in total. The van der Waals surface area contributed by atoms with Gasteiger partial charge in [0.25, 0.3) is 0 Å². The summed E-state index contributed by atoms with van der Waals surface area (Å²) in [6.07, 6.45) is 0. The third-order valence-electron chi connectivity index (χ3n) is 3.09. The maximum atomic E-state index is 3.47. The summed E-state index contributed by atoms with van der Waals surface area (Å²) in [5.41, 5.74) is 0. The third-order valence-corrected chi connectivity index (χ3v) is 3.09. The van der Waals surface area contributed by atoms with E-state index in [0.29, 0.717) is 0 Å². The molecule has 70 valence electrons. The molecule has 0 aromatic rings. The maximum Gasteiger partial charge on any atom is 0.00257 e. The average molecular weight is 168 g/mol. The van der Waals surface area contributed by atoms with Crippen LogP contribution in [0.1, 0.15) is 13.8 Å². The van der Waals surface area contributed by atoms with Gasteiger partial charge in [0, 0.05) is 19.6 Å². The van der Waals surface area contributed by atoms with Gasteiger partial charge < -0.3 is 10.2 Å². The summed E-state index contributed by atoms with van der Waals surface area (Å²) in [6, 6.07) is 0. The Morgan fingerprint density at radius 3 is 2.33 bits per heavy atom. The van der Waals surface area contributed by atoms with E-state index in [4.69, 9.17) is 0 Å². The van der Waals surface area contributed by atoms with E-state index in [1.807, 2.05) is 0 Å². The summed E-state index contributed by atoms with van der Waals surface area (Å²) in [4.78, 5) is 2.64. The van der Waals surface area contributed by atoms with Crippen molar-refractivity contribution in [2.45, 2.75) is 13.8 Å². The normalized spacial score (nSPS) is 36.2. The van der Waals surface area contributed by atoms with Crippen LogP contribution in [0.4, 0.5) is 0 Å². The molecule has 0 aromatic heterocycles. The van der Waals surface area contributed by atoms with E-state index < -0.39 is 0 Å². The second-order valence-electron chi connectivity index (χ2n) is 4.79. The van der Waals surface area contributed by atoms with Crippen LogP contribution < -0.4 is 5.32 Å². The molecule has 0 saturated carbocycles. The Labute approximate surface area is 75.3 Å². The Bertz CT molecular complexity index is 144. The highest BCUT2D eigenvalue weighted by atomic mass is 15.2. The first-order chi connectivity index (χ1) is 5.75. The molecule has 0 aliphatic carbocycles. The van der Waals surface area contributed by atoms with Gasteiger partial charge in [-0.05, 0) is 30.8 Å². The van der Waals surface area contributed by atoms with Gasteiger partial charge in [0.05, 0.1) is 0 Å². The molecule has 0 aromatic carbocycles. The molecule has 2 atom stereocenters. The molecule has 0 bridgehead atoms. The number of hydrogen-bond acceptors (Lipinski definition) is 2. The molecule has 12 heavy (non-hydrogen) atoms. The topological polar surface area (TPSA) is 15.3 Å². The van der Waals surface area contributed by atoms with Crippen molar-refractivity contribution in [3.63, 3.8) is 0 Å². The van der Waals surface area contributed by atoms with Gasteiger partial charge in [-0.25, -0.2) is 0 Å². The summed E-state index contributed by atoms with van der Waals surface area (Å²) in [6.45, 7) is 11.1. The molecule has 0 spiro atoms. The number of fused-ring (bicyclic) bond motifs is 1. The molecular weight excluding hydrogens is 148 g/mol. The van der Waals surface area contributed by atoms with E-state index in [2.05, 4.69) is 24.1 Å². The van der Waals surface area contributed by atoms with Crippen LogP contribution in [0.25, 0.3) is 0 Å². The first-order valence-electron chi connectivity index (χ1n) is 5.19. The molecule has 0 unspecified atom stereocenters. The van der Waals surface area contributed by atoms with Gasteiger partial charge in [-0.2, -0.15) is 0 Å². The van der Waals surface area contributed by atoms with Crippen molar-refractivity contribution < 1.29 is 0 Å². The summed E-state index contributed by atoms with van der Waals surface area (Å²) in [5, 5.41) is 3.47. The van der Waals surface area contributed by atoms with Crippen molar-refractivity contribution in [2.75, 3.05) is 32.7 Å². The lowest BCUT2D eigenvalue weighted by molar-refractivity contribution is 0.278. The monoisotopic (exact) mass is 168 g/mol. The van der Waals surface area contributed by atoms with Crippen LogP contribution in [0, 0.1) is 17.8 Å². The molecule has 2 heteroatoms. The van der Waals surface area contributed by atoms with Crippen LogP contribution in [-0.4, -0.2) is 37.6 Å². The minimum atomic E-state index is 0.830. The van der Waals surface area contributed by atoms with Crippen molar-refractivity contribution in [2.24, 2.45) is 17.8 Å². The Hall–Kier alpha value is -0.0800. The van der Waals surface area contributed by atoms with Gasteiger partial charge in [0.2, 0.25) is 0 Å². The highest BCUT2D eigenvalue weighted by Crippen LogP contribution is 2.26. The molecule has 0 radical (unpaired) electrons. The van der Waals surface area contributed by atoms with E-state index >= 15 is 0 Å². The highest BCUT2D eigenvalue weighted by Gasteiger charge is 2.35. The van der Waals surface area contributed by atoms with E-state index in [1.165, 1.54) is 32.7 Å². The van der Waals surface area contributed by atoms with Crippen LogP contribution in [0.3, 0.4) is 0 Å². The number of hydrogen-bond donors (Lipinski definition) is 1. The average Bonchev–Trinajstić information content (AvgIpc) is 2.43. The van der Waals surface area contributed by atoms with Gasteiger partial charge in [-0.3, -0.25) is 0 Å². The zero-order valence-corrected chi connectivity index (χ0v) is 8.21. The van der Waals surface area contributed by atoms with E-state index in [1.54, 1.807) is 0 Å². The fourth-order valence-electron chi connectivity index (χ4n) is 2.62. The lowest BCUT2D eigenvalue weighted by Gasteiger charge is -2.18. The zero-order chi connectivity index (χ0) is 8.55. The standard InChI is InChI=1S/C10H20N2/c1-8(2)5-12-6-9-3-11-4-10(9)7-12/h8-11H,3-7H2,1-2H3/t9-,10+. The van der Waals surface area contributed by atoms with Crippen LogP contribution in [0.5, 0.6) is 0 Å². The van der Waals surface area contributed by atoms with Crippen LogP contribution in [0.2, 0.25) is 0 Å². The molecule has 2 heterocycles. The summed E-state index contributed by atoms with van der Waals surface area (Å²) in [5.74, 6) is 2.75. The van der Waals surface area contributed by atoms with Crippen molar-refractivity contribution >= 4 is 0 Å². The van der Waals surface area contributed by atoms with Gasteiger partial charge in [0.1, 0.15) is 0 Å². The minimum absolute atomic E-state index is 0.830. The van der Waals surface area contributed by atoms with Gasteiger partial charge in [0.15, 0.2) is 0 Å². The second kappa shape index (κ2) is 3.35. The van der Waals surface area contributed by atoms with Crippen molar-refractivity contribution in [1.82, 2.24) is 10.2 Å². The molecule has 2 rings (SSSR count). The molecule has 1 N–H and O–H groups in total. The summed E-state index contributed by atoms with van der Waals surface area (Å²) in [7, 11) is 0.